The second-order valence-corrected chi connectivity index (χ2v) is 6.14. The van der Waals surface area contributed by atoms with Crippen LogP contribution in [-0.4, -0.2) is 24.6 Å². The first-order chi connectivity index (χ1) is 10.5. The minimum absolute atomic E-state index is 0.0252. The van der Waals surface area contributed by atoms with E-state index in [1.54, 1.807) is 17.2 Å². The van der Waals surface area contributed by atoms with Gasteiger partial charge in [-0.05, 0) is 54.7 Å². The van der Waals surface area contributed by atoms with Crippen LogP contribution in [0, 0.1) is 5.92 Å². The Morgan fingerprint density at radius 3 is 2.18 bits per heavy atom. The van der Waals surface area contributed by atoms with Crippen LogP contribution in [0.1, 0.15) is 36.8 Å². The van der Waals surface area contributed by atoms with E-state index in [-0.39, 0.29) is 5.41 Å². The van der Waals surface area contributed by atoms with E-state index >= 15 is 0 Å². The van der Waals surface area contributed by atoms with Gasteiger partial charge in [-0.2, -0.15) is 13.2 Å². The highest BCUT2D eigenvalue weighted by atomic mass is 19.4. The number of hydroxylamine groups is 2. The van der Waals surface area contributed by atoms with E-state index in [1.807, 2.05) is 0 Å². The molecule has 0 atom stereocenters. The third-order valence-electron chi connectivity index (χ3n) is 5.00. The van der Waals surface area contributed by atoms with Crippen LogP contribution in [0.25, 0.3) is 0 Å². The number of carbonyl (C=O) groups is 1. The van der Waals surface area contributed by atoms with Crippen LogP contribution in [-0.2, 0) is 21.2 Å². The molecule has 0 radical (unpaired) electrons. The molecule has 1 saturated heterocycles. The molecular formula is C16H18F3NO2. The van der Waals surface area contributed by atoms with Crippen LogP contribution in [0.3, 0.4) is 0 Å². The molecule has 2 aliphatic rings. The molecule has 0 N–H and O–H groups in total. The van der Waals surface area contributed by atoms with E-state index in [0.717, 1.165) is 31.2 Å². The fourth-order valence-corrected chi connectivity index (χ4v) is 3.63. The smallest absolute Gasteiger partial charge is 0.371 e. The fraction of sp³-hybridized carbons (Fsp3) is 0.562. The largest absolute Gasteiger partial charge is 0.416 e. The third kappa shape index (κ3) is 2.84. The number of rotatable bonds is 4. The molecule has 22 heavy (non-hydrogen) atoms. The molecule has 0 aromatic heterocycles. The zero-order valence-electron chi connectivity index (χ0n) is 12.1. The second-order valence-electron chi connectivity index (χ2n) is 6.14. The first-order valence-electron chi connectivity index (χ1n) is 7.49. The topological polar surface area (TPSA) is 29.5 Å². The van der Waals surface area contributed by atoms with Gasteiger partial charge in [0.2, 0.25) is 0 Å². The predicted octanol–water partition coefficient (Wildman–Crippen LogP) is 3.54. The van der Waals surface area contributed by atoms with Gasteiger partial charge in [0.25, 0.3) is 0 Å². The lowest BCUT2D eigenvalue weighted by atomic mass is 9.77. The van der Waals surface area contributed by atoms with E-state index < -0.39 is 11.7 Å². The lowest BCUT2D eigenvalue weighted by molar-refractivity contribution is -0.180. The number of alkyl halides is 3. The maximum absolute atomic E-state index is 12.7. The van der Waals surface area contributed by atoms with Crippen molar-refractivity contribution in [1.82, 2.24) is 5.06 Å². The SMILES string of the molecule is O=CON1CCC(C2(c3ccc(C(F)(F)F)cc3)CC2)CC1. The maximum Gasteiger partial charge on any atom is 0.416 e. The lowest BCUT2D eigenvalue weighted by Crippen LogP contribution is -2.37. The molecule has 0 spiro atoms. The Balaban J connectivity index is 1.70. The number of benzene rings is 1. The highest BCUT2D eigenvalue weighted by molar-refractivity contribution is 5.37. The Kier molecular flexibility index (Phi) is 3.89. The number of nitrogens with zero attached hydrogens (tertiary/aromatic N) is 1. The van der Waals surface area contributed by atoms with E-state index in [9.17, 15) is 18.0 Å². The summed E-state index contributed by atoms with van der Waals surface area (Å²) >= 11 is 0. The molecule has 1 aliphatic carbocycles. The lowest BCUT2D eigenvalue weighted by Gasteiger charge is -2.35. The summed E-state index contributed by atoms with van der Waals surface area (Å²) in [6.07, 6.45) is -0.439. The monoisotopic (exact) mass is 313 g/mol. The Hall–Kier alpha value is -1.56. The molecule has 1 aliphatic heterocycles. The molecule has 1 saturated carbocycles. The highest BCUT2D eigenvalue weighted by Gasteiger charge is 2.51. The van der Waals surface area contributed by atoms with Gasteiger partial charge in [-0.15, -0.1) is 5.06 Å². The van der Waals surface area contributed by atoms with Gasteiger partial charge in [-0.3, -0.25) is 4.79 Å². The van der Waals surface area contributed by atoms with Crippen LogP contribution < -0.4 is 0 Å². The molecule has 1 aromatic rings. The molecule has 0 bridgehead atoms. The van der Waals surface area contributed by atoms with Crippen LogP contribution in [0.2, 0.25) is 0 Å². The van der Waals surface area contributed by atoms with Crippen molar-refractivity contribution in [2.24, 2.45) is 5.92 Å². The van der Waals surface area contributed by atoms with Crippen LogP contribution in [0.4, 0.5) is 13.2 Å². The first kappa shape index (κ1) is 15.3. The quantitative estimate of drug-likeness (QED) is 0.796. The number of halogens is 3. The summed E-state index contributed by atoms with van der Waals surface area (Å²) in [6, 6.07) is 5.62. The normalized spacial score (nSPS) is 22.3. The zero-order chi connectivity index (χ0) is 15.8. The van der Waals surface area contributed by atoms with Gasteiger partial charge >= 0.3 is 12.6 Å². The second kappa shape index (κ2) is 5.57. The molecule has 0 amide bonds. The number of hydrogen-bond acceptors (Lipinski definition) is 3. The predicted molar refractivity (Wildman–Crippen MR) is 73.8 cm³/mol. The van der Waals surface area contributed by atoms with E-state index in [0.29, 0.717) is 25.5 Å². The minimum atomic E-state index is -4.28. The summed E-state index contributed by atoms with van der Waals surface area (Å²) < 4.78 is 38.0. The molecular weight excluding hydrogens is 295 g/mol. The van der Waals surface area contributed by atoms with E-state index in [1.165, 1.54) is 12.1 Å². The summed E-state index contributed by atoms with van der Waals surface area (Å²) in [6.45, 7) is 1.81. The first-order valence-corrected chi connectivity index (χ1v) is 7.49. The van der Waals surface area contributed by atoms with Gasteiger partial charge in [0, 0.05) is 13.1 Å². The van der Waals surface area contributed by atoms with Gasteiger partial charge in [-0.25, -0.2) is 0 Å². The summed E-state index contributed by atoms with van der Waals surface area (Å²) in [4.78, 5) is 15.2. The van der Waals surface area contributed by atoms with Crippen molar-refractivity contribution in [2.45, 2.75) is 37.3 Å². The molecule has 3 nitrogen and oxygen atoms in total. The molecule has 1 aromatic carbocycles. The fourth-order valence-electron chi connectivity index (χ4n) is 3.63. The molecule has 6 heteroatoms. The summed E-state index contributed by atoms with van der Waals surface area (Å²) in [7, 11) is 0. The van der Waals surface area contributed by atoms with Crippen LogP contribution in [0.15, 0.2) is 24.3 Å². The Bertz CT molecular complexity index is 529. The third-order valence-corrected chi connectivity index (χ3v) is 5.00. The maximum atomic E-state index is 12.7. The Morgan fingerprint density at radius 1 is 1.14 bits per heavy atom. The average Bonchev–Trinajstić information content (AvgIpc) is 3.29. The van der Waals surface area contributed by atoms with Crippen molar-refractivity contribution in [1.29, 1.82) is 0 Å². The van der Waals surface area contributed by atoms with Gasteiger partial charge in [0.15, 0.2) is 0 Å². The summed E-state index contributed by atoms with van der Waals surface area (Å²) in [5.74, 6) is 0.440. The van der Waals surface area contributed by atoms with Crippen molar-refractivity contribution in [3.63, 3.8) is 0 Å². The van der Waals surface area contributed by atoms with Crippen LogP contribution in [0.5, 0.6) is 0 Å². The summed E-state index contributed by atoms with van der Waals surface area (Å²) in [5.41, 5.74) is 0.439. The van der Waals surface area contributed by atoms with Gasteiger partial charge < -0.3 is 4.84 Å². The van der Waals surface area contributed by atoms with Gasteiger partial charge in [-0.1, -0.05) is 12.1 Å². The number of carbonyl (C=O) groups excluding carboxylic acids is 1. The van der Waals surface area contributed by atoms with Crippen molar-refractivity contribution >= 4 is 6.47 Å². The van der Waals surface area contributed by atoms with Gasteiger partial charge in [0.05, 0.1) is 5.56 Å². The molecule has 0 unspecified atom stereocenters. The average molecular weight is 313 g/mol. The Morgan fingerprint density at radius 2 is 1.73 bits per heavy atom. The van der Waals surface area contributed by atoms with Gasteiger partial charge in [0.1, 0.15) is 0 Å². The van der Waals surface area contributed by atoms with Crippen molar-refractivity contribution < 1.29 is 22.8 Å². The summed E-state index contributed by atoms with van der Waals surface area (Å²) in [5, 5.41) is 1.65. The molecule has 3 rings (SSSR count). The zero-order valence-corrected chi connectivity index (χ0v) is 12.1. The molecule has 1 heterocycles. The highest BCUT2D eigenvalue weighted by Crippen LogP contribution is 2.56. The van der Waals surface area contributed by atoms with E-state index in [4.69, 9.17) is 4.84 Å². The van der Waals surface area contributed by atoms with Crippen molar-refractivity contribution in [3.8, 4) is 0 Å². The molecule has 120 valence electrons. The minimum Gasteiger partial charge on any atom is -0.371 e. The number of piperidine rings is 1. The standard InChI is InChI=1S/C16H18F3NO2/c17-16(18,19)14-3-1-12(2-4-14)15(7-8-15)13-5-9-20(10-6-13)22-11-21/h1-4,11,13H,5-10H2. The van der Waals surface area contributed by atoms with E-state index in [2.05, 4.69) is 0 Å². The molecule has 2 fully saturated rings. The van der Waals surface area contributed by atoms with Crippen LogP contribution >= 0.6 is 0 Å². The Labute approximate surface area is 127 Å². The van der Waals surface area contributed by atoms with Crippen molar-refractivity contribution in [2.75, 3.05) is 13.1 Å². The van der Waals surface area contributed by atoms with Crippen molar-refractivity contribution in [3.05, 3.63) is 35.4 Å². The number of hydrogen-bond donors (Lipinski definition) is 0.